The zero-order valence-corrected chi connectivity index (χ0v) is 25.2. The molecule has 0 N–H and O–H groups in total. The molecule has 0 unspecified atom stereocenters. The number of methoxy groups -OCH3 is 1. The first kappa shape index (κ1) is 28.8. The summed E-state index contributed by atoms with van der Waals surface area (Å²) >= 11 is 0. The predicted molar refractivity (Wildman–Crippen MR) is 148 cm³/mol. The molecule has 0 atom stereocenters. The average molecular weight is 531 g/mol. The van der Waals surface area contributed by atoms with Crippen molar-refractivity contribution in [2.75, 3.05) is 7.11 Å². The Morgan fingerprint density at radius 2 is 1.74 bits per heavy atom. The third-order valence-corrected chi connectivity index (χ3v) is 7.09. The van der Waals surface area contributed by atoms with Crippen molar-refractivity contribution in [3.05, 3.63) is 94.0 Å². The standard InChI is InChI=1S/C30H31N6O2.Na/c1-5-6-11-27-31-26-17-16-22(30(2,3)38-4)18-25(26)29(37)36(27)19-20-12-14-21(15-13-20)23-9-7-8-10-24(23)28-32-34-35-33-28;/h7-10,12-18H,5-6,11,19H2,1-4H3;/q-1;+1. The first-order valence-electron chi connectivity index (χ1n) is 12.9. The smallest absolute Gasteiger partial charge is 0.374 e. The largest absolute Gasteiger partial charge is 1.00 e. The van der Waals surface area contributed by atoms with Gasteiger partial charge in [-0.2, -0.15) is 0 Å². The van der Waals surface area contributed by atoms with Crippen molar-refractivity contribution >= 4 is 10.9 Å². The molecule has 0 aliphatic carbocycles. The van der Waals surface area contributed by atoms with Crippen molar-refractivity contribution in [2.24, 2.45) is 0 Å². The van der Waals surface area contributed by atoms with Gasteiger partial charge in [0, 0.05) is 19.1 Å². The van der Waals surface area contributed by atoms with Crippen LogP contribution in [0.5, 0.6) is 0 Å². The minimum Gasteiger partial charge on any atom is -0.374 e. The van der Waals surface area contributed by atoms with Crippen LogP contribution in [0.2, 0.25) is 0 Å². The molecule has 3 aromatic carbocycles. The monoisotopic (exact) mass is 530 g/mol. The minimum absolute atomic E-state index is 0. The number of aromatic nitrogens is 6. The molecular formula is C30H31N6NaO2. The van der Waals surface area contributed by atoms with E-state index in [2.05, 4.69) is 51.8 Å². The molecule has 0 aliphatic rings. The normalized spacial score (nSPS) is 11.5. The van der Waals surface area contributed by atoms with Crippen molar-refractivity contribution in [2.45, 2.75) is 52.2 Å². The Hall–Kier alpha value is -3.17. The Labute approximate surface area is 250 Å². The van der Waals surface area contributed by atoms with Crippen molar-refractivity contribution in [1.29, 1.82) is 0 Å². The summed E-state index contributed by atoms with van der Waals surface area (Å²) < 4.78 is 7.47. The fraction of sp³-hybridized carbons (Fsp3) is 0.300. The first-order chi connectivity index (χ1) is 18.4. The maximum absolute atomic E-state index is 13.8. The van der Waals surface area contributed by atoms with Gasteiger partial charge in [-0.25, -0.2) is 10.1 Å². The second-order valence-corrected chi connectivity index (χ2v) is 9.91. The van der Waals surface area contributed by atoms with Gasteiger partial charge < -0.3 is 9.84 Å². The molecule has 5 aromatic rings. The number of benzene rings is 3. The molecule has 2 aromatic heterocycles. The molecule has 5 rings (SSSR count). The molecule has 0 amide bonds. The zero-order chi connectivity index (χ0) is 26.7. The molecule has 0 radical (unpaired) electrons. The maximum Gasteiger partial charge on any atom is 1.00 e. The van der Waals surface area contributed by atoms with Crippen molar-refractivity contribution in [3.8, 4) is 22.5 Å². The van der Waals surface area contributed by atoms with E-state index in [1.807, 2.05) is 60.9 Å². The average Bonchev–Trinajstić information content (AvgIpc) is 3.49. The molecule has 2 heterocycles. The Bertz CT molecular complexity index is 1610. The minimum atomic E-state index is -0.502. The Kier molecular flexibility index (Phi) is 9.12. The topological polar surface area (TPSA) is 96.9 Å². The summed E-state index contributed by atoms with van der Waals surface area (Å²) in [6.45, 7) is 6.57. The number of hydrogen-bond acceptors (Lipinski definition) is 6. The van der Waals surface area contributed by atoms with E-state index in [9.17, 15) is 4.79 Å². The van der Waals surface area contributed by atoms with Gasteiger partial charge in [-0.1, -0.05) is 67.9 Å². The Morgan fingerprint density at radius 3 is 2.41 bits per heavy atom. The van der Waals surface area contributed by atoms with Gasteiger partial charge in [0.25, 0.3) is 5.56 Å². The zero-order valence-electron chi connectivity index (χ0n) is 23.2. The number of rotatable bonds is 9. The van der Waals surface area contributed by atoms with Crippen LogP contribution in [0.1, 0.15) is 50.6 Å². The maximum atomic E-state index is 13.8. The van der Waals surface area contributed by atoms with Crippen LogP contribution in [-0.4, -0.2) is 32.1 Å². The summed E-state index contributed by atoms with van der Waals surface area (Å²) in [4.78, 5) is 18.7. The molecule has 194 valence electrons. The number of hydrogen-bond donors (Lipinski definition) is 0. The third kappa shape index (κ3) is 6.04. The van der Waals surface area contributed by atoms with Crippen molar-refractivity contribution in [3.63, 3.8) is 0 Å². The van der Waals surface area contributed by atoms with E-state index >= 15 is 0 Å². The van der Waals surface area contributed by atoms with Crippen LogP contribution in [0, 0.1) is 0 Å². The van der Waals surface area contributed by atoms with Gasteiger partial charge in [0.1, 0.15) is 5.82 Å². The second kappa shape index (κ2) is 12.3. The molecule has 0 aliphatic heterocycles. The number of aryl methyl sites for hydroxylation is 1. The summed E-state index contributed by atoms with van der Waals surface area (Å²) in [6.07, 6.45) is 2.75. The second-order valence-electron chi connectivity index (χ2n) is 9.91. The first-order valence-corrected chi connectivity index (χ1v) is 12.9. The molecule has 9 heteroatoms. The van der Waals surface area contributed by atoms with E-state index in [0.29, 0.717) is 17.8 Å². The molecule has 0 bridgehead atoms. The van der Waals surface area contributed by atoms with Crippen LogP contribution in [0.4, 0.5) is 0 Å². The van der Waals surface area contributed by atoms with Gasteiger partial charge in [-0.3, -0.25) is 19.8 Å². The van der Waals surface area contributed by atoms with E-state index < -0.39 is 5.60 Å². The van der Waals surface area contributed by atoms with Gasteiger partial charge in [0.15, 0.2) is 0 Å². The fourth-order valence-electron chi connectivity index (χ4n) is 4.60. The van der Waals surface area contributed by atoms with Gasteiger partial charge in [-0.05, 0) is 54.7 Å². The summed E-state index contributed by atoms with van der Waals surface area (Å²) in [5.74, 6) is 1.31. The van der Waals surface area contributed by atoms with Crippen LogP contribution in [0.25, 0.3) is 33.4 Å². The predicted octanol–water partition coefficient (Wildman–Crippen LogP) is 2.15. The van der Waals surface area contributed by atoms with Crippen LogP contribution in [-0.2, 0) is 23.3 Å². The van der Waals surface area contributed by atoms with Crippen LogP contribution in [0.15, 0.2) is 71.5 Å². The quantitative estimate of drug-likeness (QED) is 0.270. The van der Waals surface area contributed by atoms with Crippen LogP contribution in [0.3, 0.4) is 0 Å². The van der Waals surface area contributed by atoms with Gasteiger partial charge in [0.2, 0.25) is 0 Å². The van der Waals surface area contributed by atoms with E-state index in [-0.39, 0.29) is 35.1 Å². The number of fused-ring (bicyclic) bond motifs is 1. The van der Waals surface area contributed by atoms with Gasteiger partial charge in [0.05, 0.1) is 28.9 Å². The summed E-state index contributed by atoms with van der Waals surface area (Å²) in [5.41, 5.74) is 5.05. The van der Waals surface area contributed by atoms with E-state index in [0.717, 1.165) is 58.4 Å². The van der Waals surface area contributed by atoms with Gasteiger partial charge >= 0.3 is 29.6 Å². The molecule has 0 saturated carbocycles. The molecule has 8 nitrogen and oxygen atoms in total. The number of ether oxygens (including phenoxy) is 1. The Morgan fingerprint density at radius 1 is 1.00 bits per heavy atom. The molecule has 0 saturated heterocycles. The van der Waals surface area contributed by atoms with Gasteiger partial charge in [-0.15, -0.1) is 0 Å². The summed E-state index contributed by atoms with van der Waals surface area (Å²) in [5, 5.41) is 15.9. The van der Waals surface area contributed by atoms with E-state index in [1.165, 1.54) is 0 Å². The number of unbranched alkanes of at least 4 members (excludes halogenated alkanes) is 1. The van der Waals surface area contributed by atoms with E-state index in [1.54, 1.807) is 7.11 Å². The van der Waals surface area contributed by atoms with Crippen molar-refractivity contribution in [1.82, 2.24) is 30.2 Å². The van der Waals surface area contributed by atoms with Crippen LogP contribution >= 0.6 is 0 Å². The van der Waals surface area contributed by atoms with E-state index in [4.69, 9.17) is 9.72 Å². The van der Waals surface area contributed by atoms with Crippen molar-refractivity contribution < 1.29 is 34.3 Å². The number of tetrazole rings is 1. The molecule has 0 fully saturated rings. The summed E-state index contributed by atoms with van der Waals surface area (Å²) in [6, 6.07) is 22.0. The molecular weight excluding hydrogens is 499 g/mol. The molecule has 0 spiro atoms. The third-order valence-electron chi connectivity index (χ3n) is 7.09. The fourth-order valence-corrected chi connectivity index (χ4v) is 4.60. The van der Waals surface area contributed by atoms with Crippen LogP contribution < -0.4 is 40.3 Å². The summed E-state index contributed by atoms with van der Waals surface area (Å²) in [7, 11) is 1.68. The SMILES string of the molecule is CCCCc1nc2ccc(C(C)(C)OC)cc2c(=O)n1Cc1ccc(-c2ccccc2-c2nn[n-]n2)cc1.[Na+]. The molecule has 39 heavy (non-hydrogen) atoms. The Balaban J connectivity index is 0.00000353. The number of nitrogens with zero attached hydrogens (tertiary/aromatic N) is 6.